The van der Waals surface area contributed by atoms with Crippen LogP contribution in [0.3, 0.4) is 0 Å². The van der Waals surface area contributed by atoms with Gasteiger partial charge in [-0.2, -0.15) is 5.26 Å². The highest BCUT2D eigenvalue weighted by Crippen LogP contribution is 2.21. The molecule has 1 N–H and O–H groups in total. The van der Waals surface area contributed by atoms with E-state index in [1.807, 2.05) is 6.07 Å². The summed E-state index contributed by atoms with van der Waals surface area (Å²) >= 11 is 3.31. The van der Waals surface area contributed by atoms with Crippen LogP contribution < -0.4 is 0 Å². The zero-order valence-electron chi connectivity index (χ0n) is 9.16. The third kappa shape index (κ3) is 2.40. The molecule has 0 amide bonds. The van der Waals surface area contributed by atoms with Crippen molar-refractivity contribution in [3.05, 3.63) is 35.5 Å². The third-order valence-corrected chi connectivity index (χ3v) is 3.21. The van der Waals surface area contributed by atoms with Crippen molar-refractivity contribution < 1.29 is 4.79 Å². The van der Waals surface area contributed by atoms with Gasteiger partial charge in [0.1, 0.15) is 0 Å². The number of H-pyrrole nitrogens is 1. The lowest BCUT2D eigenvalue weighted by Crippen LogP contribution is -1.98. The number of fused-ring (bicyclic) bond motifs is 1. The van der Waals surface area contributed by atoms with Crippen LogP contribution in [0.1, 0.15) is 28.8 Å². The molecule has 0 spiro atoms. The predicted octanol–water partition coefficient (Wildman–Crippen LogP) is 3.40. The maximum Gasteiger partial charge on any atom is 0.165 e. The van der Waals surface area contributed by atoms with Crippen LogP contribution in [0.15, 0.2) is 24.4 Å². The summed E-state index contributed by atoms with van der Waals surface area (Å²) < 4.78 is 0. The third-order valence-electron chi connectivity index (χ3n) is 2.65. The number of nitriles is 1. The van der Waals surface area contributed by atoms with Crippen LogP contribution in [0, 0.1) is 11.3 Å². The summed E-state index contributed by atoms with van der Waals surface area (Å²) in [6.07, 6.45) is 3.07. The molecule has 1 heterocycles. The molecule has 3 nitrogen and oxygen atoms in total. The lowest BCUT2D eigenvalue weighted by atomic mass is 10.0. The van der Waals surface area contributed by atoms with Gasteiger partial charge in [-0.3, -0.25) is 4.79 Å². The molecule has 1 aromatic carbocycles. The van der Waals surface area contributed by atoms with Crippen molar-refractivity contribution >= 4 is 32.6 Å². The van der Waals surface area contributed by atoms with Gasteiger partial charge in [0.2, 0.25) is 0 Å². The molecule has 2 aromatic rings. The van der Waals surface area contributed by atoms with E-state index in [4.69, 9.17) is 5.26 Å². The Bertz CT molecular complexity index is 595. The summed E-state index contributed by atoms with van der Waals surface area (Å²) in [5.41, 5.74) is 2.15. The molecule has 1 aromatic heterocycles. The van der Waals surface area contributed by atoms with E-state index in [1.165, 1.54) is 0 Å². The van der Waals surface area contributed by atoms with Gasteiger partial charge in [0.05, 0.1) is 11.6 Å². The quantitative estimate of drug-likeness (QED) is 0.693. The van der Waals surface area contributed by atoms with Gasteiger partial charge in [-0.25, -0.2) is 0 Å². The van der Waals surface area contributed by atoms with E-state index in [9.17, 15) is 4.79 Å². The highest BCUT2D eigenvalue weighted by Gasteiger charge is 2.11. The number of aromatic nitrogens is 1. The Hall–Kier alpha value is -1.60. The zero-order chi connectivity index (χ0) is 12.3. The second-order valence-electron chi connectivity index (χ2n) is 3.79. The Kier molecular flexibility index (Phi) is 3.60. The topological polar surface area (TPSA) is 56.6 Å². The number of hydrogen-bond donors (Lipinski definition) is 1. The number of ketones is 1. The van der Waals surface area contributed by atoms with Gasteiger partial charge < -0.3 is 4.98 Å². The second kappa shape index (κ2) is 5.15. The molecular weight excluding hydrogens is 280 g/mol. The minimum Gasteiger partial charge on any atom is -0.360 e. The maximum absolute atomic E-state index is 12.0. The van der Waals surface area contributed by atoms with Crippen molar-refractivity contribution in [2.24, 2.45) is 0 Å². The molecule has 4 heteroatoms. The summed E-state index contributed by atoms with van der Waals surface area (Å²) in [6, 6.07) is 7.41. The summed E-state index contributed by atoms with van der Waals surface area (Å²) in [6.45, 7) is 0. The minimum absolute atomic E-state index is 0.116. The molecule has 0 aliphatic carbocycles. The van der Waals surface area contributed by atoms with Gasteiger partial charge in [0.15, 0.2) is 5.78 Å². The fourth-order valence-corrected chi connectivity index (χ4v) is 2.06. The first-order valence-corrected chi connectivity index (χ1v) is 6.49. The molecule has 0 aliphatic heterocycles. The van der Waals surface area contributed by atoms with Crippen molar-refractivity contribution in [3.8, 4) is 6.07 Å². The van der Waals surface area contributed by atoms with Crippen molar-refractivity contribution in [1.29, 1.82) is 5.26 Å². The fourth-order valence-electron chi connectivity index (χ4n) is 1.78. The van der Waals surface area contributed by atoms with Crippen LogP contribution >= 0.6 is 15.9 Å². The number of benzene rings is 1. The Labute approximate surface area is 108 Å². The Morgan fingerprint density at radius 3 is 3.00 bits per heavy atom. The number of Topliss-reactive ketones (excluding diaryl/α,β-unsaturated/α-hetero) is 1. The van der Waals surface area contributed by atoms with E-state index in [-0.39, 0.29) is 5.78 Å². The number of nitrogens with zero attached hydrogens (tertiary/aromatic N) is 1. The van der Waals surface area contributed by atoms with Crippen LogP contribution in [-0.2, 0) is 0 Å². The standard InChI is InChI=1S/C13H11BrN2O/c14-5-1-2-13(17)11-8-16-12-4-3-9(7-15)6-10(11)12/h3-4,6,8,16H,1-2,5H2. The summed E-state index contributed by atoms with van der Waals surface area (Å²) in [5, 5.41) is 10.5. The molecule has 17 heavy (non-hydrogen) atoms. The molecular formula is C13H11BrN2O. The van der Waals surface area contributed by atoms with E-state index in [1.54, 1.807) is 18.3 Å². The smallest absolute Gasteiger partial charge is 0.165 e. The lowest BCUT2D eigenvalue weighted by Gasteiger charge is -1.98. The Balaban J connectivity index is 2.41. The van der Waals surface area contributed by atoms with Gasteiger partial charge >= 0.3 is 0 Å². The Morgan fingerprint density at radius 1 is 1.47 bits per heavy atom. The van der Waals surface area contributed by atoms with E-state index in [0.717, 1.165) is 22.7 Å². The van der Waals surface area contributed by atoms with Gasteiger partial charge in [-0.05, 0) is 24.6 Å². The molecule has 0 unspecified atom stereocenters. The summed E-state index contributed by atoms with van der Waals surface area (Å²) in [7, 11) is 0. The van der Waals surface area contributed by atoms with Crippen LogP contribution in [0.5, 0.6) is 0 Å². The van der Waals surface area contributed by atoms with Gasteiger partial charge in [-0.1, -0.05) is 15.9 Å². The molecule has 0 radical (unpaired) electrons. The summed E-state index contributed by atoms with van der Waals surface area (Å²) in [5.74, 6) is 0.116. The molecule has 0 saturated heterocycles. The molecule has 86 valence electrons. The van der Waals surface area contributed by atoms with E-state index in [0.29, 0.717) is 17.5 Å². The number of alkyl halides is 1. The first-order chi connectivity index (χ1) is 8.26. The second-order valence-corrected chi connectivity index (χ2v) is 4.58. The number of aromatic amines is 1. The van der Waals surface area contributed by atoms with Crippen LogP contribution in [0.4, 0.5) is 0 Å². The maximum atomic E-state index is 12.0. The molecule has 0 bridgehead atoms. The number of hydrogen-bond acceptors (Lipinski definition) is 2. The van der Waals surface area contributed by atoms with Gasteiger partial charge in [0.25, 0.3) is 0 Å². The first kappa shape index (κ1) is 11.9. The molecule has 0 fully saturated rings. The number of carbonyl (C=O) groups excluding carboxylic acids is 1. The van der Waals surface area contributed by atoms with E-state index >= 15 is 0 Å². The lowest BCUT2D eigenvalue weighted by molar-refractivity contribution is 0.0984. The van der Waals surface area contributed by atoms with E-state index < -0.39 is 0 Å². The van der Waals surface area contributed by atoms with Gasteiger partial charge in [0, 0.05) is 34.4 Å². The number of nitrogens with one attached hydrogen (secondary N) is 1. The van der Waals surface area contributed by atoms with E-state index in [2.05, 4.69) is 27.0 Å². The first-order valence-electron chi connectivity index (χ1n) is 5.36. The minimum atomic E-state index is 0.116. The molecule has 0 aliphatic rings. The molecule has 0 saturated carbocycles. The molecule has 0 atom stereocenters. The van der Waals surface area contributed by atoms with Crippen molar-refractivity contribution in [2.75, 3.05) is 5.33 Å². The monoisotopic (exact) mass is 290 g/mol. The van der Waals surface area contributed by atoms with Crippen molar-refractivity contribution in [1.82, 2.24) is 4.98 Å². The number of carbonyl (C=O) groups is 1. The highest BCUT2D eigenvalue weighted by molar-refractivity contribution is 9.09. The number of rotatable bonds is 4. The normalized spacial score (nSPS) is 10.4. The van der Waals surface area contributed by atoms with Crippen LogP contribution in [0.25, 0.3) is 10.9 Å². The fraction of sp³-hybridized carbons (Fsp3) is 0.231. The molecule has 2 rings (SSSR count). The number of halogens is 1. The van der Waals surface area contributed by atoms with Gasteiger partial charge in [-0.15, -0.1) is 0 Å². The largest absolute Gasteiger partial charge is 0.360 e. The zero-order valence-corrected chi connectivity index (χ0v) is 10.8. The summed E-state index contributed by atoms with van der Waals surface area (Å²) in [4.78, 5) is 15.0. The average molecular weight is 291 g/mol. The van der Waals surface area contributed by atoms with Crippen molar-refractivity contribution in [3.63, 3.8) is 0 Å². The van der Waals surface area contributed by atoms with Crippen LogP contribution in [-0.4, -0.2) is 16.1 Å². The average Bonchev–Trinajstić information content (AvgIpc) is 2.78. The van der Waals surface area contributed by atoms with Crippen LogP contribution in [0.2, 0.25) is 0 Å². The predicted molar refractivity (Wildman–Crippen MR) is 70.4 cm³/mol. The Morgan fingerprint density at radius 2 is 2.29 bits per heavy atom. The SMILES string of the molecule is N#Cc1ccc2[nH]cc(C(=O)CCCBr)c2c1. The van der Waals surface area contributed by atoms with Crippen molar-refractivity contribution in [2.45, 2.75) is 12.8 Å². The highest BCUT2D eigenvalue weighted by atomic mass is 79.9.